The molecular weight excluding hydrogens is 521 g/mol. The topological polar surface area (TPSA) is 62.1 Å². The van der Waals surface area contributed by atoms with Crippen molar-refractivity contribution in [2.24, 2.45) is 0 Å². The standard InChI is InChI=1S/C24H15BrClF3N2O2/c25-19-6-9-22(33-14-15-4-7-20(26)8-5-15)16(11-19)10-17(13-30)23(32)31-21-3-1-2-18(12-21)24(27,28)29/h1-12H,14H2,(H,31,32)/b17-10+. The lowest BCUT2D eigenvalue weighted by atomic mass is 10.1. The Hall–Kier alpha value is -3.28. The van der Waals surface area contributed by atoms with Crippen molar-refractivity contribution in [3.63, 3.8) is 0 Å². The number of hydrogen-bond donors (Lipinski definition) is 1. The van der Waals surface area contributed by atoms with Gasteiger partial charge >= 0.3 is 6.18 Å². The van der Waals surface area contributed by atoms with E-state index in [9.17, 15) is 23.2 Å². The number of nitrogens with one attached hydrogen (secondary N) is 1. The monoisotopic (exact) mass is 534 g/mol. The van der Waals surface area contributed by atoms with Crippen molar-refractivity contribution in [2.75, 3.05) is 5.32 Å². The van der Waals surface area contributed by atoms with Crippen molar-refractivity contribution in [2.45, 2.75) is 12.8 Å². The van der Waals surface area contributed by atoms with Crippen LogP contribution < -0.4 is 10.1 Å². The smallest absolute Gasteiger partial charge is 0.416 e. The van der Waals surface area contributed by atoms with Crippen LogP contribution in [0.2, 0.25) is 5.02 Å². The molecular formula is C24H15BrClF3N2O2. The van der Waals surface area contributed by atoms with E-state index in [-0.39, 0.29) is 17.9 Å². The van der Waals surface area contributed by atoms with E-state index < -0.39 is 17.6 Å². The summed E-state index contributed by atoms with van der Waals surface area (Å²) < 4.78 is 45.3. The summed E-state index contributed by atoms with van der Waals surface area (Å²) in [5.74, 6) is -0.437. The van der Waals surface area contributed by atoms with Gasteiger partial charge in [-0.05, 0) is 60.2 Å². The van der Waals surface area contributed by atoms with Crippen LogP contribution in [0.25, 0.3) is 6.08 Å². The van der Waals surface area contributed by atoms with Crippen molar-refractivity contribution in [1.82, 2.24) is 0 Å². The second kappa shape index (κ2) is 10.6. The first-order valence-corrected chi connectivity index (χ1v) is 10.6. The van der Waals surface area contributed by atoms with Gasteiger partial charge in [-0.2, -0.15) is 18.4 Å². The zero-order valence-electron chi connectivity index (χ0n) is 16.8. The second-order valence-corrected chi connectivity index (χ2v) is 8.15. The fraction of sp³-hybridized carbons (Fsp3) is 0.0833. The Morgan fingerprint density at radius 3 is 2.52 bits per heavy atom. The number of ether oxygens (including phenoxy) is 1. The van der Waals surface area contributed by atoms with Gasteiger partial charge in [-0.25, -0.2) is 0 Å². The fourth-order valence-electron chi connectivity index (χ4n) is 2.78. The highest BCUT2D eigenvalue weighted by Crippen LogP contribution is 2.31. The molecule has 9 heteroatoms. The zero-order valence-corrected chi connectivity index (χ0v) is 19.1. The maximum absolute atomic E-state index is 12.9. The van der Waals surface area contributed by atoms with Crippen molar-refractivity contribution >= 4 is 45.2 Å². The summed E-state index contributed by atoms with van der Waals surface area (Å²) in [6.07, 6.45) is -3.24. The van der Waals surface area contributed by atoms with Crippen LogP contribution in [0.15, 0.2) is 76.8 Å². The van der Waals surface area contributed by atoms with Gasteiger partial charge in [0.1, 0.15) is 24.0 Å². The predicted molar refractivity (Wildman–Crippen MR) is 124 cm³/mol. The number of amides is 1. The normalized spacial score (nSPS) is 11.6. The van der Waals surface area contributed by atoms with Crippen LogP contribution in [0.3, 0.4) is 0 Å². The molecule has 4 nitrogen and oxygen atoms in total. The lowest BCUT2D eigenvalue weighted by Gasteiger charge is -2.11. The summed E-state index contributed by atoms with van der Waals surface area (Å²) in [6, 6.07) is 18.1. The number of benzene rings is 3. The molecule has 0 heterocycles. The Kier molecular flexibility index (Phi) is 7.79. The largest absolute Gasteiger partial charge is 0.488 e. The Bertz CT molecular complexity index is 1240. The summed E-state index contributed by atoms with van der Waals surface area (Å²) in [7, 11) is 0. The molecule has 3 aromatic rings. The van der Waals surface area contributed by atoms with E-state index in [1.54, 1.807) is 48.5 Å². The van der Waals surface area contributed by atoms with Gasteiger partial charge in [0.2, 0.25) is 0 Å². The maximum atomic E-state index is 12.9. The number of nitriles is 1. The first-order valence-electron chi connectivity index (χ1n) is 9.43. The lowest BCUT2D eigenvalue weighted by Crippen LogP contribution is -2.14. The second-order valence-electron chi connectivity index (χ2n) is 6.80. The number of anilines is 1. The number of halogens is 5. The minimum Gasteiger partial charge on any atom is -0.488 e. The first-order chi connectivity index (χ1) is 15.7. The molecule has 0 aliphatic carbocycles. The highest BCUT2D eigenvalue weighted by Gasteiger charge is 2.30. The molecule has 0 saturated heterocycles. The van der Waals surface area contributed by atoms with Gasteiger partial charge in [0.15, 0.2) is 0 Å². The van der Waals surface area contributed by atoms with Crippen LogP contribution in [-0.2, 0) is 17.6 Å². The summed E-state index contributed by atoms with van der Waals surface area (Å²) in [4.78, 5) is 12.6. The molecule has 0 atom stereocenters. The summed E-state index contributed by atoms with van der Waals surface area (Å²) in [5.41, 5.74) is 0.00747. The summed E-state index contributed by atoms with van der Waals surface area (Å²) in [6.45, 7) is 0.220. The molecule has 0 radical (unpaired) electrons. The van der Waals surface area contributed by atoms with E-state index in [1.165, 1.54) is 18.2 Å². The molecule has 0 bridgehead atoms. The molecule has 1 N–H and O–H groups in total. The third kappa shape index (κ3) is 6.85. The molecule has 0 aliphatic heterocycles. The van der Waals surface area contributed by atoms with Gasteiger partial charge < -0.3 is 10.1 Å². The van der Waals surface area contributed by atoms with E-state index in [1.807, 2.05) is 0 Å². The van der Waals surface area contributed by atoms with Gasteiger partial charge in [-0.3, -0.25) is 4.79 Å². The first kappa shape index (κ1) is 24.4. The molecule has 33 heavy (non-hydrogen) atoms. The highest BCUT2D eigenvalue weighted by atomic mass is 79.9. The molecule has 0 spiro atoms. The van der Waals surface area contributed by atoms with Crippen molar-refractivity contribution in [3.05, 3.63) is 98.5 Å². The van der Waals surface area contributed by atoms with E-state index in [2.05, 4.69) is 21.2 Å². The quantitative estimate of drug-likeness (QED) is 0.267. The molecule has 1 amide bonds. The predicted octanol–water partition coefficient (Wildman–Crippen LogP) is 7.25. The van der Waals surface area contributed by atoms with Crippen molar-refractivity contribution in [1.29, 1.82) is 5.26 Å². The Labute approximate surface area is 201 Å². The molecule has 3 aromatic carbocycles. The van der Waals surface area contributed by atoms with Gasteiger partial charge in [0.05, 0.1) is 5.56 Å². The molecule has 168 valence electrons. The third-order valence-corrected chi connectivity index (χ3v) is 5.14. The summed E-state index contributed by atoms with van der Waals surface area (Å²) >= 11 is 9.23. The Balaban J connectivity index is 1.82. The lowest BCUT2D eigenvalue weighted by molar-refractivity contribution is -0.137. The number of alkyl halides is 3. The highest BCUT2D eigenvalue weighted by molar-refractivity contribution is 9.10. The Morgan fingerprint density at radius 1 is 1.12 bits per heavy atom. The molecule has 0 fully saturated rings. The van der Waals surface area contributed by atoms with Crippen LogP contribution >= 0.6 is 27.5 Å². The van der Waals surface area contributed by atoms with Crippen molar-refractivity contribution in [3.8, 4) is 11.8 Å². The van der Waals surface area contributed by atoms with E-state index in [4.69, 9.17) is 16.3 Å². The van der Waals surface area contributed by atoms with Gasteiger partial charge in [-0.15, -0.1) is 0 Å². The number of rotatable bonds is 6. The van der Waals surface area contributed by atoms with Gasteiger partial charge in [-0.1, -0.05) is 45.7 Å². The number of hydrogen-bond acceptors (Lipinski definition) is 3. The van der Waals surface area contributed by atoms with E-state index in [0.29, 0.717) is 20.8 Å². The van der Waals surface area contributed by atoms with E-state index in [0.717, 1.165) is 17.7 Å². The number of nitrogens with zero attached hydrogens (tertiary/aromatic N) is 1. The third-order valence-electron chi connectivity index (χ3n) is 4.39. The van der Waals surface area contributed by atoms with Crippen LogP contribution in [-0.4, -0.2) is 5.91 Å². The van der Waals surface area contributed by atoms with Gasteiger partial charge in [0, 0.05) is 20.7 Å². The van der Waals surface area contributed by atoms with Crippen LogP contribution in [0, 0.1) is 11.3 Å². The minimum atomic E-state index is -4.55. The molecule has 0 saturated carbocycles. The Morgan fingerprint density at radius 2 is 1.85 bits per heavy atom. The molecule has 3 rings (SSSR count). The fourth-order valence-corrected chi connectivity index (χ4v) is 3.29. The van der Waals surface area contributed by atoms with Crippen molar-refractivity contribution < 1.29 is 22.7 Å². The average molecular weight is 536 g/mol. The molecule has 0 aromatic heterocycles. The summed E-state index contributed by atoms with van der Waals surface area (Å²) in [5, 5.41) is 12.4. The van der Waals surface area contributed by atoms with Crippen LogP contribution in [0.4, 0.5) is 18.9 Å². The minimum absolute atomic E-state index is 0.0792. The zero-order chi connectivity index (χ0) is 24.0. The van der Waals surface area contributed by atoms with Gasteiger partial charge in [0.25, 0.3) is 5.91 Å². The van der Waals surface area contributed by atoms with E-state index >= 15 is 0 Å². The maximum Gasteiger partial charge on any atom is 0.416 e. The SMILES string of the molecule is N#C/C(=C\c1cc(Br)ccc1OCc1ccc(Cl)cc1)C(=O)Nc1cccc(C(F)(F)F)c1. The average Bonchev–Trinajstić information content (AvgIpc) is 2.77. The number of carbonyl (C=O) groups is 1. The van der Waals surface area contributed by atoms with Crippen LogP contribution in [0.5, 0.6) is 5.75 Å². The molecule has 0 unspecified atom stereocenters. The number of carbonyl (C=O) groups excluding carboxylic acids is 1. The molecule has 0 aliphatic rings. The van der Waals surface area contributed by atoms with Crippen LogP contribution in [0.1, 0.15) is 16.7 Å².